The zero-order chi connectivity index (χ0) is 5.70. The van der Waals surface area contributed by atoms with Crippen molar-refractivity contribution in [3.63, 3.8) is 0 Å². The Morgan fingerprint density at radius 3 is 2.43 bits per heavy atom. The van der Waals surface area contributed by atoms with Crippen molar-refractivity contribution >= 4 is 6.21 Å². The first-order chi connectivity index (χ1) is 3.27. The predicted molar refractivity (Wildman–Crippen MR) is 30.8 cm³/mol. The van der Waals surface area contributed by atoms with Crippen molar-refractivity contribution in [3.05, 3.63) is 11.8 Å². The van der Waals surface area contributed by atoms with Gasteiger partial charge < -0.3 is 5.11 Å². The van der Waals surface area contributed by atoms with E-state index in [1.165, 1.54) is 12.3 Å². The first-order valence-corrected chi connectivity index (χ1v) is 2.05. The number of hydrogen-bond donors (Lipinski definition) is 1. The maximum atomic E-state index is 8.45. The molecule has 0 aromatic heterocycles. The van der Waals surface area contributed by atoms with E-state index in [1.54, 1.807) is 14.0 Å². The highest BCUT2D eigenvalue weighted by Gasteiger charge is 1.69. The van der Waals surface area contributed by atoms with Crippen molar-refractivity contribution in [2.45, 2.75) is 6.92 Å². The van der Waals surface area contributed by atoms with Gasteiger partial charge in [-0.15, -0.1) is 0 Å². The van der Waals surface area contributed by atoms with Crippen molar-refractivity contribution in [3.8, 4) is 0 Å². The molecule has 0 saturated heterocycles. The first kappa shape index (κ1) is 6.21. The molecule has 0 aromatic carbocycles. The largest absolute Gasteiger partial charge is 0.513 e. The molecule has 0 aliphatic carbocycles. The van der Waals surface area contributed by atoms with Gasteiger partial charge in [0.25, 0.3) is 0 Å². The van der Waals surface area contributed by atoms with Gasteiger partial charge in [0, 0.05) is 13.3 Å². The summed E-state index contributed by atoms with van der Waals surface area (Å²) in [7, 11) is 1.65. The summed E-state index contributed by atoms with van der Waals surface area (Å²) in [5.74, 6) is 0.283. The average Bonchev–Trinajstić information content (AvgIpc) is 1.61. The lowest BCUT2D eigenvalue weighted by Crippen LogP contribution is -1.69. The molecular formula is C5H9NO. The summed E-state index contributed by atoms with van der Waals surface area (Å²) in [6.07, 6.45) is 3.06. The van der Waals surface area contributed by atoms with Gasteiger partial charge in [0.1, 0.15) is 0 Å². The Labute approximate surface area is 43.2 Å². The van der Waals surface area contributed by atoms with Crippen LogP contribution in [0.2, 0.25) is 0 Å². The summed E-state index contributed by atoms with van der Waals surface area (Å²) < 4.78 is 0. The maximum absolute atomic E-state index is 8.45. The summed E-state index contributed by atoms with van der Waals surface area (Å²) in [6, 6.07) is 0. The van der Waals surface area contributed by atoms with Crippen LogP contribution in [0.15, 0.2) is 16.8 Å². The highest BCUT2D eigenvalue weighted by molar-refractivity contribution is 5.71. The standard InChI is InChI=1S/C5H9NO/c1-5(7)3-4-6-2/h3-4,7H,1-2H3/b5-3+,6-4-. The second kappa shape index (κ2) is 3.40. The Kier molecular flexibility index (Phi) is 3.02. The molecule has 0 radical (unpaired) electrons. The van der Waals surface area contributed by atoms with Crippen LogP contribution >= 0.6 is 0 Å². The molecule has 0 atom stereocenters. The third-order valence-corrected chi connectivity index (χ3v) is 0.465. The molecule has 0 aromatic rings. The smallest absolute Gasteiger partial charge is 0.0906 e. The van der Waals surface area contributed by atoms with E-state index in [4.69, 9.17) is 5.11 Å². The van der Waals surface area contributed by atoms with Gasteiger partial charge >= 0.3 is 0 Å². The van der Waals surface area contributed by atoms with Crippen molar-refractivity contribution in [1.29, 1.82) is 0 Å². The van der Waals surface area contributed by atoms with E-state index >= 15 is 0 Å². The van der Waals surface area contributed by atoms with E-state index in [-0.39, 0.29) is 5.76 Å². The molecule has 40 valence electrons. The molecule has 0 unspecified atom stereocenters. The van der Waals surface area contributed by atoms with Crippen LogP contribution in [-0.4, -0.2) is 18.4 Å². The quantitative estimate of drug-likeness (QED) is 0.388. The number of allylic oxidation sites excluding steroid dienone is 2. The maximum Gasteiger partial charge on any atom is 0.0906 e. The molecule has 7 heavy (non-hydrogen) atoms. The molecule has 0 saturated carbocycles. The fraction of sp³-hybridized carbons (Fsp3) is 0.400. The van der Waals surface area contributed by atoms with Gasteiger partial charge in [-0.05, 0) is 13.0 Å². The fourth-order valence-corrected chi connectivity index (χ4v) is 0.182. The number of rotatable bonds is 1. The molecule has 0 fully saturated rings. The Morgan fingerprint density at radius 2 is 2.29 bits per heavy atom. The summed E-state index contributed by atoms with van der Waals surface area (Å²) >= 11 is 0. The van der Waals surface area contributed by atoms with Crippen LogP contribution in [0.4, 0.5) is 0 Å². The van der Waals surface area contributed by atoms with Gasteiger partial charge in [-0.25, -0.2) is 0 Å². The Balaban J connectivity index is 3.46. The third-order valence-electron chi connectivity index (χ3n) is 0.465. The first-order valence-electron chi connectivity index (χ1n) is 2.05. The molecule has 0 spiro atoms. The SMILES string of the molecule is C/N=C\C=C(/C)O. The van der Waals surface area contributed by atoms with Gasteiger partial charge in [0.15, 0.2) is 0 Å². The third kappa shape index (κ3) is 5.21. The highest BCUT2D eigenvalue weighted by Crippen LogP contribution is 1.77. The van der Waals surface area contributed by atoms with Crippen molar-refractivity contribution < 1.29 is 5.11 Å². The molecular weight excluding hydrogens is 90.1 g/mol. The molecule has 2 nitrogen and oxygen atoms in total. The van der Waals surface area contributed by atoms with E-state index in [1.807, 2.05) is 0 Å². The molecule has 0 heterocycles. The van der Waals surface area contributed by atoms with Crippen molar-refractivity contribution in [2.24, 2.45) is 4.99 Å². The minimum atomic E-state index is 0.283. The predicted octanol–water partition coefficient (Wildman–Crippen LogP) is 1.15. The molecule has 2 heteroatoms. The average molecular weight is 99.1 g/mol. The minimum Gasteiger partial charge on any atom is -0.513 e. The summed E-state index contributed by atoms with van der Waals surface area (Å²) in [6.45, 7) is 1.60. The van der Waals surface area contributed by atoms with E-state index in [0.717, 1.165) is 0 Å². The number of nitrogens with zero attached hydrogens (tertiary/aromatic N) is 1. The zero-order valence-electron chi connectivity index (χ0n) is 4.55. The van der Waals surface area contributed by atoms with Gasteiger partial charge in [0.05, 0.1) is 5.76 Å². The molecule has 1 N–H and O–H groups in total. The normalized spacial score (nSPS) is 13.1. The lowest BCUT2D eigenvalue weighted by Gasteiger charge is -1.78. The van der Waals surface area contributed by atoms with E-state index < -0.39 is 0 Å². The van der Waals surface area contributed by atoms with Crippen LogP contribution in [0, 0.1) is 0 Å². The number of aliphatic imine (C=N–C) groups is 1. The van der Waals surface area contributed by atoms with E-state index in [0.29, 0.717) is 0 Å². The number of aliphatic hydroxyl groups is 1. The van der Waals surface area contributed by atoms with Gasteiger partial charge in [-0.1, -0.05) is 0 Å². The summed E-state index contributed by atoms with van der Waals surface area (Å²) in [5, 5.41) is 8.45. The lowest BCUT2D eigenvalue weighted by atomic mass is 10.5. The Bertz CT molecular complexity index is 90.3. The van der Waals surface area contributed by atoms with Crippen molar-refractivity contribution in [1.82, 2.24) is 0 Å². The highest BCUT2D eigenvalue weighted by atomic mass is 16.3. The van der Waals surface area contributed by atoms with Gasteiger partial charge in [0.2, 0.25) is 0 Å². The summed E-state index contributed by atoms with van der Waals surface area (Å²) in [5.41, 5.74) is 0. The van der Waals surface area contributed by atoms with Crippen molar-refractivity contribution in [2.75, 3.05) is 7.05 Å². The topological polar surface area (TPSA) is 32.6 Å². The van der Waals surface area contributed by atoms with Crippen LogP contribution in [0.1, 0.15) is 6.92 Å². The van der Waals surface area contributed by atoms with Crippen LogP contribution < -0.4 is 0 Å². The zero-order valence-corrected chi connectivity index (χ0v) is 4.55. The van der Waals surface area contributed by atoms with E-state index in [2.05, 4.69) is 4.99 Å². The van der Waals surface area contributed by atoms with Crippen LogP contribution in [-0.2, 0) is 0 Å². The second-order valence-corrected chi connectivity index (χ2v) is 1.22. The molecule has 0 aliphatic rings. The molecule has 0 rings (SSSR count). The monoisotopic (exact) mass is 99.1 g/mol. The number of aliphatic hydroxyl groups excluding tert-OH is 1. The molecule has 0 aliphatic heterocycles. The van der Waals surface area contributed by atoms with Crippen LogP contribution in [0.3, 0.4) is 0 Å². The fourth-order valence-electron chi connectivity index (χ4n) is 0.182. The molecule has 0 bridgehead atoms. The number of hydrogen-bond acceptors (Lipinski definition) is 2. The van der Waals surface area contributed by atoms with Crippen LogP contribution in [0.25, 0.3) is 0 Å². The molecule has 0 amide bonds. The van der Waals surface area contributed by atoms with Gasteiger partial charge in [-0.2, -0.15) is 0 Å². The second-order valence-electron chi connectivity index (χ2n) is 1.22. The Hall–Kier alpha value is -0.790. The lowest BCUT2D eigenvalue weighted by molar-refractivity contribution is 0.415. The van der Waals surface area contributed by atoms with Gasteiger partial charge in [-0.3, -0.25) is 4.99 Å². The minimum absolute atomic E-state index is 0.283. The van der Waals surface area contributed by atoms with Crippen LogP contribution in [0.5, 0.6) is 0 Å². The van der Waals surface area contributed by atoms with E-state index in [9.17, 15) is 0 Å². The Morgan fingerprint density at radius 1 is 1.71 bits per heavy atom. The summed E-state index contributed by atoms with van der Waals surface area (Å²) in [4.78, 5) is 3.61.